The fourth-order valence-electron chi connectivity index (χ4n) is 2.17. The van der Waals surface area contributed by atoms with Crippen LogP contribution in [0.3, 0.4) is 0 Å². The minimum absolute atomic E-state index is 0.0895. The molecule has 0 amide bonds. The molecule has 106 valence electrons. The lowest BCUT2D eigenvalue weighted by Gasteiger charge is -2.21. The van der Waals surface area contributed by atoms with E-state index in [9.17, 15) is 0 Å². The molecule has 1 aromatic carbocycles. The monoisotopic (exact) mass is 334 g/mol. The van der Waals surface area contributed by atoms with Gasteiger partial charge in [0.1, 0.15) is 5.75 Å². The van der Waals surface area contributed by atoms with Crippen molar-refractivity contribution in [2.75, 3.05) is 13.7 Å². The normalized spacial score (nSPS) is 12.2. The van der Waals surface area contributed by atoms with Crippen molar-refractivity contribution in [2.45, 2.75) is 19.4 Å². The maximum Gasteiger partial charge on any atom is 0.125 e. The summed E-state index contributed by atoms with van der Waals surface area (Å²) in [6.07, 6.45) is 4.77. The van der Waals surface area contributed by atoms with Crippen LogP contribution < -0.4 is 10.1 Å². The average Bonchev–Trinajstić information content (AvgIpc) is 2.49. The Labute approximate surface area is 128 Å². The van der Waals surface area contributed by atoms with E-state index < -0.39 is 0 Å². The fraction of sp³-hybridized carbons (Fsp3) is 0.312. The lowest BCUT2D eigenvalue weighted by atomic mass is 9.99. The Balaban J connectivity index is 2.41. The van der Waals surface area contributed by atoms with Crippen molar-refractivity contribution in [2.24, 2.45) is 0 Å². The average molecular weight is 335 g/mol. The van der Waals surface area contributed by atoms with E-state index in [2.05, 4.69) is 45.3 Å². The van der Waals surface area contributed by atoms with Crippen molar-refractivity contribution in [1.29, 1.82) is 0 Å². The Bertz CT molecular complexity index is 545. The Morgan fingerprint density at radius 1 is 1.35 bits per heavy atom. The first-order chi connectivity index (χ1) is 9.76. The number of hydrogen-bond donors (Lipinski definition) is 1. The number of hydrogen-bond acceptors (Lipinski definition) is 3. The first kappa shape index (κ1) is 15.0. The Kier molecular flexibility index (Phi) is 5.56. The lowest BCUT2D eigenvalue weighted by molar-refractivity contribution is 0.403. The quantitative estimate of drug-likeness (QED) is 0.868. The maximum atomic E-state index is 5.52. The maximum absolute atomic E-state index is 5.52. The highest BCUT2D eigenvalue weighted by molar-refractivity contribution is 9.10. The van der Waals surface area contributed by atoms with Crippen LogP contribution in [0.15, 0.2) is 47.2 Å². The number of nitrogens with one attached hydrogen (secondary N) is 1. The molecule has 1 atom stereocenters. The van der Waals surface area contributed by atoms with Crippen LogP contribution in [0, 0.1) is 0 Å². The van der Waals surface area contributed by atoms with Crippen LogP contribution in [0.25, 0.3) is 0 Å². The van der Waals surface area contributed by atoms with Gasteiger partial charge in [0, 0.05) is 22.4 Å². The van der Waals surface area contributed by atoms with Gasteiger partial charge in [-0.1, -0.05) is 35.0 Å². The zero-order chi connectivity index (χ0) is 14.4. The molecule has 0 spiro atoms. The SMILES string of the molecule is CCCNC(c1cccnc1)c1ccc(Br)cc1OC. The van der Waals surface area contributed by atoms with Crippen LogP contribution in [0.2, 0.25) is 0 Å². The molecule has 2 rings (SSSR count). The number of benzene rings is 1. The molecule has 4 heteroatoms. The predicted octanol–water partition coefficient (Wildman–Crippen LogP) is 3.94. The molecule has 0 bridgehead atoms. The van der Waals surface area contributed by atoms with Crippen molar-refractivity contribution in [3.63, 3.8) is 0 Å². The third-order valence-electron chi connectivity index (χ3n) is 3.12. The van der Waals surface area contributed by atoms with Crippen molar-refractivity contribution < 1.29 is 4.74 Å². The van der Waals surface area contributed by atoms with Crippen LogP contribution in [0.5, 0.6) is 5.75 Å². The van der Waals surface area contributed by atoms with E-state index in [0.717, 1.165) is 34.3 Å². The van der Waals surface area contributed by atoms with Crippen LogP contribution >= 0.6 is 15.9 Å². The summed E-state index contributed by atoms with van der Waals surface area (Å²) < 4.78 is 6.53. The molecule has 1 unspecified atom stereocenters. The number of aromatic nitrogens is 1. The van der Waals surface area contributed by atoms with Gasteiger partial charge in [0.05, 0.1) is 13.2 Å². The van der Waals surface area contributed by atoms with Gasteiger partial charge in [0.15, 0.2) is 0 Å². The zero-order valence-electron chi connectivity index (χ0n) is 11.8. The Morgan fingerprint density at radius 3 is 2.85 bits per heavy atom. The predicted molar refractivity (Wildman–Crippen MR) is 85.1 cm³/mol. The van der Waals surface area contributed by atoms with E-state index >= 15 is 0 Å². The lowest BCUT2D eigenvalue weighted by Crippen LogP contribution is -2.23. The summed E-state index contributed by atoms with van der Waals surface area (Å²) in [7, 11) is 1.70. The van der Waals surface area contributed by atoms with Gasteiger partial charge in [-0.3, -0.25) is 4.98 Å². The van der Waals surface area contributed by atoms with Gasteiger partial charge in [0.25, 0.3) is 0 Å². The molecule has 0 saturated carbocycles. The van der Waals surface area contributed by atoms with E-state index in [1.54, 1.807) is 13.3 Å². The molecule has 0 radical (unpaired) electrons. The second-order valence-electron chi connectivity index (χ2n) is 4.56. The summed E-state index contributed by atoms with van der Waals surface area (Å²) in [5.41, 5.74) is 2.26. The zero-order valence-corrected chi connectivity index (χ0v) is 13.4. The third kappa shape index (κ3) is 3.58. The van der Waals surface area contributed by atoms with Gasteiger partial charge in [-0.2, -0.15) is 0 Å². The number of pyridine rings is 1. The number of ether oxygens (including phenoxy) is 1. The molecule has 0 aliphatic rings. The van der Waals surface area contributed by atoms with Crippen LogP contribution in [0.4, 0.5) is 0 Å². The summed E-state index contributed by atoms with van der Waals surface area (Å²) in [5, 5.41) is 3.56. The molecule has 3 nitrogen and oxygen atoms in total. The van der Waals surface area contributed by atoms with E-state index in [4.69, 9.17) is 4.74 Å². The van der Waals surface area contributed by atoms with Gasteiger partial charge < -0.3 is 10.1 Å². The second-order valence-corrected chi connectivity index (χ2v) is 5.48. The van der Waals surface area contributed by atoms with E-state index in [1.165, 1.54) is 0 Å². The van der Waals surface area contributed by atoms with Gasteiger partial charge >= 0.3 is 0 Å². The largest absolute Gasteiger partial charge is 0.496 e. The van der Waals surface area contributed by atoms with Crippen molar-refractivity contribution >= 4 is 15.9 Å². The summed E-state index contributed by atoms with van der Waals surface area (Å²) in [5.74, 6) is 0.872. The molecule has 1 N–H and O–H groups in total. The van der Waals surface area contributed by atoms with Crippen molar-refractivity contribution in [3.8, 4) is 5.75 Å². The molecule has 0 aliphatic heterocycles. The first-order valence-corrected chi connectivity index (χ1v) is 7.52. The minimum Gasteiger partial charge on any atom is -0.496 e. The van der Waals surface area contributed by atoms with E-state index in [1.807, 2.05) is 24.4 Å². The van der Waals surface area contributed by atoms with Crippen LogP contribution in [-0.2, 0) is 0 Å². The Hall–Kier alpha value is -1.39. The summed E-state index contributed by atoms with van der Waals surface area (Å²) in [4.78, 5) is 4.22. The molecular weight excluding hydrogens is 316 g/mol. The summed E-state index contributed by atoms with van der Waals surface area (Å²) in [6.45, 7) is 3.10. The standard InChI is InChI=1S/C16H19BrN2O/c1-3-8-19-16(12-5-4-9-18-11-12)14-7-6-13(17)10-15(14)20-2/h4-7,9-11,16,19H,3,8H2,1-2H3. The van der Waals surface area contributed by atoms with Gasteiger partial charge in [-0.25, -0.2) is 0 Å². The van der Waals surface area contributed by atoms with E-state index in [0.29, 0.717) is 0 Å². The molecule has 0 fully saturated rings. The second kappa shape index (κ2) is 7.41. The van der Waals surface area contributed by atoms with Gasteiger partial charge in [0.2, 0.25) is 0 Å². The third-order valence-corrected chi connectivity index (χ3v) is 3.62. The smallest absolute Gasteiger partial charge is 0.125 e. The molecular formula is C16H19BrN2O. The molecule has 0 saturated heterocycles. The number of halogens is 1. The van der Waals surface area contributed by atoms with Gasteiger partial charge in [-0.05, 0) is 36.7 Å². The van der Waals surface area contributed by atoms with Crippen LogP contribution in [0.1, 0.15) is 30.5 Å². The molecule has 2 aromatic rings. The summed E-state index contributed by atoms with van der Waals surface area (Å²) in [6, 6.07) is 10.2. The first-order valence-electron chi connectivity index (χ1n) is 6.73. The molecule has 1 aromatic heterocycles. The highest BCUT2D eigenvalue weighted by atomic mass is 79.9. The summed E-state index contributed by atoms with van der Waals surface area (Å²) >= 11 is 3.48. The van der Waals surface area contributed by atoms with Gasteiger partial charge in [-0.15, -0.1) is 0 Å². The molecule has 20 heavy (non-hydrogen) atoms. The fourth-order valence-corrected chi connectivity index (χ4v) is 2.51. The van der Waals surface area contributed by atoms with Crippen molar-refractivity contribution in [1.82, 2.24) is 10.3 Å². The van der Waals surface area contributed by atoms with Crippen LogP contribution in [-0.4, -0.2) is 18.6 Å². The number of rotatable bonds is 6. The minimum atomic E-state index is 0.0895. The highest BCUT2D eigenvalue weighted by Gasteiger charge is 2.17. The topological polar surface area (TPSA) is 34.2 Å². The number of nitrogens with zero attached hydrogens (tertiary/aromatic N) is 1. The number of methoxy groups -OCH3 is 1. The van der Waals surface area contributed by atoms with E-state index in [-0.39, 0.29) is 6.04 Å². The molecule has 1 heterocycles. The molecule has 0 aliphatic carbocycles. The highest BCUT2D eigenvalue weighted by Crippen LogP contribution is 2.32. The Morgan fingerprint density at radius 2 is 2.20 bits per heavy atom. The van der Waals surface area contributed by atoms with Crippen molar-refractivity contribution in [3.05, 3.63) is 58.3 Å².